The Morgan fingerprint density at radius 2 is 2.20 bits per heavy atom. The maximum absolute atomic E-state index is 12.1. The van der Waals surface area contributed by atoms with Gasteiger partial charge in [0.1, 0.15) is 4.47 Å². The SMILES string of the molecule is CCCNC(=O)CNc1cnn(CC(C)C)c(=O)c1Br. The van der Waals surface area contributed by atoms with Crippen LogP contribution in [0.15, 0.2) is 15.5 Å². The van der Waals surface area contributed by atoms with E-state index < -0.39 is 0 Å². The second-order valence-corrected chi connectivity index (χ2v) is 5.75. The molecule has 7 heteroatoms. The first-order valence-corrected chi connectivity index (χ1v) is 7.51. The number of nitrogens with zero attached hydrogens (tertiary/aromatic N) is 2. The minimum absolute atomic E-state index is 0.106. The third kappa shape index (κ3) is 4.96. The van der Waals surface area contributed by atoms with Crippen molar-refractivity contribution in [3.63, 3.8) is 0 Å². The normalized spacial score (nSPS) is 10.7. The fourth-order valence-corrected chi connectivity index (χ4v) is 2.01. The molecule has 1 heterocycles. The van der Waals surface area contributed by atoms with E-state index >= 15 is 0 Å². The second-order valence-electron chi connectivity index (χ2n) is 4.96. The fraction of sp³-hybridized carbons (Fsp3) is 0.615. The largest absolute Gasteiger partial charge is 0.374 e. The Hall–Kier alpha value is -1.37. The zero-order chi connectivity index (χ0) is 15.1. The Balaban J connectivity index is 2.71. The van der Waals surface area contributed by atoms with Gasteiger partial charge in [-0.1, -0.05) is 20.8 Å². The molecule has 112 valence electrons. The number of anilines is 1. The van der Waals surface area contributed by atoms with E-state index in [0.29, 0.717) is 29.2 Å². The molecule has 1 aromatic rings. The lowest BCUT2D eigenvalue weighted by molar-refractivity contribution is -0.119. The van der Waals surface area contributed by atoms with E-state index in [2.05, 4.69) is 31.7 Å². The van der Waals surface area contributed by atoms with Gasteiger partial charge in [0.2, 0.25) is 5.91 Å². The Labute approximate surface area is 127 Å². The van der Waals surface area contributed by atoms with E-state index in [1.165, 1.54) is 4.68 Å². The summed E-state index contributed by atoms with van der Waals surface area (Å²) in [7, 11) is 0. The monoisotopic (exact) mass is 344 g/mol. The molecule has 0 unspecified atom stereocenters. The van der Waals surface area contributed by atoms with Gasteiger partial charge in [0, 0.05) is 13.1 Å². The molecule has 0 aliphatic rings. The zero-order valence-corrected chi connectivity index (χ0v) is 13.7. The van der Waals surface area contributed by atoms with Crippen LogP contribution in [-0.2, 0) is 11.3 Å². The number of halogens is 1. The molecular formula is C13H21BrN4O2. The van der Waals surface area contributed by atoms with Crippen molar-refractivity contribution in [1.29, 1.82) is 0 Å². The van der Waals surface area contributed by atoms with Crippen LogP contribution in [0.25, 0.3) is 0 Å². The summed E-state index contributed by atoms with van der Waals surface area (Å²) >= 11 is 3.26. The first-order valence-electron chi connectivity index (χ1n) is 6.71. The van der Waals surface area contributed by atoms with Crippen LogP contribution in [0.5, 0.6) is 0 Å². The highest BCUT2D eigenvalue weighted by molar-refractivity contribution is 9.10. The summed E-state index contributed by atoms with van der Waals surface area (Å²) in [6.07, 6.45) is 2.45. The van der Waals surface area contributed by atoms with Crippen molar-refractivity contribution in [2.24, 2.45) is 5.92 Å². The van der Waals surface area contributed by atoms with Crippen molar-refractivity contribution in [2.45, 2.75) is 33.7 Å². The quantitative estimate of drug-likeness (QED) is 0.787. The summed E-state index contributed by atoms with van der Waals surface area (Å²) in [5, 5.41) is 9.76. The number of hydrogen-bond donors (Lipinski definition) is 2. The molecule has 1 aromatic heterocycles. The van der Waals surface area contributed by atoms with Crippen molar-refractivity contribution in [3.8, 4) is 0 Å². The molecule has 0 radical (unpaired) electrons. The van der Waals surface area contributed by atoms with E-state index in [1.807, 2.05) is 20.8 Å². The van der Waals surface area contributed by atoms with E-state index in [1.54, 1.807) is 6.20 Å². The predicted octanol–water partition coefficient (Wildman–Crippen LogP) is 1.60. The number of rotatable bonds is 7. The zero-order valence-electron chi connectivity index (χ0n) is 12.1. The van der Waals surface area contributed by atoms with Crippen molar-refractivity contribution in [1.82, 2.24) is 15.1 Å². The molecule has 0 aliphatic heterocycles. The molecule has 0 spiro atoms. The summed E-state index contributed by atoms with van der Waals surface area (Å²) in [5.74, 6) is 0.232. The molecule has 0 bridgehead atoms. The van der Waals surface area contributed by atoms with Crippen LogP contribution < -0.4 is 16.2 Å². The van der Waals surface area contributed by atoms with Crippen molar-refractivity contribution in [2.75, 3.05) is 18.4 Å². The minimum atomic E-state index is -0.197. The molecule has 0 aromatic carbocycles. The molecule has 1 amide bonds. The molecule has 1 rings (SSSR count). The van der Waals surface area contributed by atoms with Gasteiger partial charge in [-0.15, -0.1) is 0 Å². The second kappa shape index (κ2) is 8.04. The van der Waals surface area contributed by atoms with E-state index in [4.69, 9.17) is 0 Å². The van der Waals surface area contributed by atoms with Gasteiger partial charge in [-0.05, 0) is 28.3 Å². The molecule has 0 atom stereocenters. The molecular weight excluding hydrogens is 324 g/mol. The van der Waals surface area contributed by atoms with Gasteiger partial charge in [0.15, 0.2) is 0 Å². The number of hydrogen-bond acceptors (Lipinski definition) is 4. The predicted molar refractivity (Wildman–Crippen MR) is 82.8 cm³/mol. The summed E-state index contributed by atoms with van der Waals surface area (Å²) in [5.41, 5.74) is 0.333. The van der Waals surface area contributed by atoms with Gasteiger partial charge in [-0.3, -0.25) is 9.59 Å². The van der Waals surface area contributed by atoms with Crippen LogP contribution in [-0.4, -0.2) is 28.8 Å². The van der Waals surface area contributed by atoms with Gasteiger partial charge in [0.25, 0.3) is 5.56 Å². The Morgan fingerprint density at radius 3 is 2.80 bits per heavy atom. The maximum Gasteiger partial charge on any atom is 0.283 e. The number of nitrogens with one attached hydrogen (secondary N) is 2. The lowest BCUT2D eigenvalue weighted by Gasteiger charge is -2.11. The van der Waals surface area contributed by atoms with Crippen LogP contribution in [0.2, 0.25) is 0 Å². The fourth-order valence-electron chi connectivity index (χ4n) is 1.57. The topological polar surface area (TPSA) is 76.0 Å². The number of amides is 1. The highest BCUT2D eigenvalue weighted by Gasteiger charge is 2.10. The van der Waals surface area contributed by atoms with Gasteiger partial charge >= 0.3 is 0 Å². The molecule has 0 fully saturated rings. The summed E-state index contributed by atoms with van der Waals surface area (Å²) < 4.78 is 1.81. The number of carbonyl (C=O) groups excluding carboxylic acids is 1. The average molecular weight is 345 g/mol. The van der Waals surface area contributed by atoms with E-state index in [0.717, 1.165) is 6.42 Å². The van der Waals surface area contributed by atoms with Crippen molar-refractivity contribution in [3.05, 3.63) is 21.0 Å². The van der Waals surface area contributed by atoms with E-state index in [-0.39, 0.29) is 18.0 Å². The highest BCUT2D eigenvalue weighted by Crippen LogP contribution is 2.15. The third-order valence-electron chi connectivity index (χ3n) is 2.53. The standard InChI is InChI=1S/C13H21BrN4O2/c1-4-5-15-11(19)7-16-10-6-17-18(8-9(2)3)13(20)12(10)14/h6,9,16H,4-5,7-8H2,1-3H3,(H,15,19). The van der Waals surface area contributed by atoms with Crippen molar-refractivity contribution >= 4 is 27.5 Å². The molecule has 2 N–H and O–H groups in total. The van der Waals surface area contributed by atoms with E-state index in [9.17, 15) is 9.59 Å². The Kier molecular flexibility index (Phi) is 6.70. The Morgan fingerprint density at radius 1 is 1.50 bits per heavy atom. The Bertz CT molecular complexity index is 514. The number of carbonyl (C=O) groups is 1. The lowest BCUT2D eigenvalue weighted by Crippen LogP contribution is -2.31. The first-order chi connectivity index (χ1) is 9.45. The maximum atomic E-state index is 12.1. The molecule has 6 nitrogen and oxygen atoms in total. The molecule has 0 saturated carbocycles. The highest BCUT2D eigenvalue weighted by atomic mass is 79.9. The molecule has 0 aliphatic carbocycles. The van der Waals surface area contributed by atoms with Gasteiger partial charge in [-0.2, -0.15) is 5.10 Å². The van der Waals surface area contributed by atoms with Crippen LogP contribution in [0, 0.1) is 5.92 Å². The van der Waals surface area contributed by atoms with Gasteiger partial charge in [-0.25, -0.2) is 4.68 Å². The van der Waals surface area contributed by atoms with Gasteiger partial charge in [0.05, 0.1) is 18.4 Å². The van der Waals surface area contributed by atoms with Crippen LogP contribution in [0.4, 0.5) is 5.69 Å². The average Bonchev–Trinajstić information content (AvgIpc) is 2.40. The van der Waals surface area contributed by atoms with Gasteiger partial charge < -0.3 is 10.6 Å². The van der Waals surface area contributed by atoms with Crippen LogP contribution in [0.3, 0.4) is 0 Å². The summed E-state index contributed by atoms with van der Waals surface area (Å²) in [6.45, 7) is 7.36. The third-order valence-corrected chi connectivity index (χ3v) is 3.30. The smallest absolute Gasteiger partial charge is 0.283 e. The summed E-state index contributed by atoms with van der Waals surface area (Å²) in [6, 6.07) is 0. The molecule has 20 heavy (non-hydrogen) atoms. The summed E-state index contributed by atoms with van der Waals surface area (Å²) in [4.78, 5) is 23.5. The minimum Gasteiger partial charge on any atom is -0.374 e. The molecule has 0 saturated heterocycles. The lowest BCUT2D eigenvalue weighted by atomic mass is 10.2. The first kappa shape index (κ1) is 16.7. The number of aromatic nitrogens is 2. The van der Waals surface area contributed by atoms with Crippen LogP contribution >= 0.6 is 15.9 Å². The van der Waals surface area contributed by atoms with Crippen molar-refractivity contribution < 1.29 is 4.79 Å². The van der Waals surface area contributed by atoms with Crippen LogP contribution in [0.1, 0.15) is 27.2 Å².